The summed E-state index contributed by atoms with van der Waals surface area (Å²) in [6.07, 6.45) is 1.68. The number of carbonyl (C=O) groups is 1. The monoisotopic (exact) mass is 267 g/mol. The van der Waals surface area contributed by atoms with Gasteiger partial charge in [-0.1, -0.05) is 0 Å². The molecule has 0 aliphatic carbocycles. The molecule has 5 heteroatoms. The molecule has 1 aliphatic rings. The molecule has 1 unspecified atom stereocenters. The van der Waals surface area contributed by atoms with Crippen molar-refractivity contribution < 1.29 is 19.0 Å². The standard InChI is InChI=1S/C14H18FNO3/c1-19-12-4-3-11(15)7-10(12)8-14(13(17)18)5-2-6-16-9-14/h3-4,7,16H,2,5-6,8-9H2,1H3,(H,17,18). The predicted octanol–water partition coefficient (Wildman–Crippen LogP) is 1.83. The summed E-state index contributed by atoms with van der Waals surface area (Å²) >= 11 is 0. The van der Waals surface area contributed by atoms with Crippen LogP contribution in [-0.4, -0.2) is 31.3 Å². The Morgan fingerprint density at radius 3 is 2.95 bits per heavy atom. The lowest BCUT2D eigenvalue weighted by Crippen LogP contribution is -2.47. The van der Waals surface area contributed by atoms with Crippen molar-refractivity contribution in [1.82, 2.24) is 5.32 Å². The highest BCUT2D eigenvalue weighted by Crippen LogP contribution is 2.34. The minimum atomic E-state index is -0.876. The van der Waals surface area contributed by atoms with Crippen LogP contribution in [0.25, 0.3) is 0 Å². The van der Waals surface area contributed by atoms with Crippen LogP contribution >= 0.6 is 0 Å². The van der Waals surface area contributed by atoms with Crippen LogP contribution in [0.3, 0.4) is 0 Å². The van der Waals surface area contributed by atoms with Gasteiger partial charge in [-0.05, 0) is 49.6 Å². The fraction of sp³-hybridized carbons (Fsp3) is 0.500. The van der Waals surface area contributed by atoms with E-state index < -0.39 is 11.4 Å². The third-order valence-electron chi connectivity index (χ3n) is 3.70. The average Bonchev–Trinajstić information content (AvgIpc) is 2.40. The summed E-state index contributed by atoms with van der Waals surface area (Å²) in [6.45, 7) is 1.23. The van der Waals surface area contributed by atoms with Crippen LogP contribution in [0.5, 0.6) is 5.75 Å². The molecular weight excluding hydrogens is 249 g/mol. The van der Waals surface area contributed by atoms with Gasteiger partial charge in [-0.25, -0.2) is 4.39 Å². The van der Waals surface area contributed by atoms with Gasteiger partial charge in [0.15, 0.2) is 0 Å². The number of hydrogen-bond donors (Lipinski definition) is 2. The Morgan fingerprint density at radius 1 is 1.58 bits per heavy atom. The van der Waals surface area contributed by atoms with Crippen LogP contribution in [0.15, 0.2) is 18.2 Å². The maximum atomic E-state index is 13.3. The van der Waals surface area contributed by atoms with E-state index in [2.05, 4.69) is 5.32 Å². The van der Waals surface area contributed by atoms with Gasteiger partial charge in [0.25, 0.3) is 0 Å². The molecule has 0 saturated carbocycles. The van der Waals surface area contributed by atoms with Crippen molar-refractivity contribution in [1.29, 1.82) is 0 Å². The molecule has 2 rings (SSSR count). The van der Waals surface area contributed by atoms with Gasteiger partial charge in [-0.15, -0.1) is 0 Å². The van der Waals surface area contributed by atoms with E-state index in [9.17, 15) is 14.3 Å². The number of aliphatic carboxylic acids is 1. The maximum absolute atomic E-state index is 13.3. The van der Waals surface area contributed by atoms with Crippen molar-refractivity contribution in [2.24, 2.45) is 5.41 Å². The minimum absolute atomic E-state index is 0.274. The first kappa shape index (κ1) is 13.8. The summed E-state index contributed by atoms with van der Waals surface area (Å²) in [6, 6.07) is 4.21. The highest BCUT2D eigenvalue weighted by molar-refractivity contribution is 5.75. The van der Waals surface area contributed by atoms with Gasteiger partial charge in [-0.3, -0.25) is 4.79 Å². The Labute approximate surface area is 111 Å². The lowest BCUT2D eigenvalue weighted by Gasteiger charge is -2.34. The number of piperidine rings is 1. The van der Waals surface area contributed by atoms with Crippen LogP contribution in [0.4, 0.5) is 4.39 Å². The third-order valence-corrected chi connectivity index (χ3v) is 3.70. The summed E-state index contributed by atoms with van der Waals surface area (Å²) in [5, 5.41) is 12.6. The van der Waals surface area contributed by atoms with Crippen LogP contribution in [-0.2, 0) is 11.2 Å². The second-order valence-electron chi connectivity index (χ2n) is 5.00. The second kappa shape index (κ2) is 5.57. The van der Waals surface area contributed by atoms with Crippen molar-refractivity contribution >= 4 is 5.97 Å². The molecule has 1 saturated heterocycles. The number of nitrogens with one attached hydrogen (secondary N) is 1. The Kier molecular flexibility index (Phi) is 4.04. The lowest BCUT2D eigenvalue weighted by molar-refractivity contribution is -0.150. The molecule has 2 N–H and O–H groups in total. The molecular formula is C14H18FNO3. The SMILES string of the molecule is COc1ccc(F)cc1CC1(C(=O)O)CCCNC1. The fourth-order valence-electron chi connectivity index (χ4n) is 2.63. The van der Waals surface area contributed by atoms with Crippen LogP contribution in [0, 0.1) is 11.2 Å². The molecule has 19 heavy (non-hydrogen) atoms. The van der Waals surface area contributed by atoms with Gasteiger partial charge < -0.3 is 15.2 Å². The van der Waals surface area contributed by atoms with Crippen molar-refractivity contribution in [3.8, 4) is 5.75 Å². The summed E-state index contributed by atoms with van der Waals surface area (Å²) in [4.78, 5) is 11.6. The zero-order valence-corrected chi connectivity index (χ0v) is 10.9. The van der Waals surface area contributed by atoms with Gasteiger partial charge in [0.2, 0.25) is 0 Å². The number of benzene rings is 1. The number of carboxylic acids is 1. The fourth-order valence-corrected chi connectivity index (χ4v) is 2.63. The summed E-state index contributed by atoms with van der Waals surface area (Å²) < 4.78 is 18.5. The molecule has 0 spiro atoms. The molecule has 0 bridgehead atoms. The van der Waals surface area contributed by atoms with E-state index in [1.807, 2.05) is 0 Å². The Morgan fingerprint density at radius 2 is 2.37 bits per heavy atom. The number of hydrogen-bond acceptors (Lipinski definition) is 3. The van der Waals surface area contributed by atoms with Gasteiger partial charge in [0.05, 0.1) is 12.5 Å². The first-order valence-electron chi connectivity index (χ1n) is 6.34. The van der Waals surface area contributed by atoms with Crippen molar-refractivity contribution in [3.05, 3.63) is 29.6 Å². The zero-order valence-electron chi connectivity index (χ0n) is 10.9. The van der Waals surface area contributed by atoms with E-state index in [1.54, 1.807) is 0 Å². The van der Waals surface area contributed by atoms with Crippen molar-refractivity contribution in [3.63, 3.8) is 0 Å². The number of carboxylic acid groups (broad SMARTS) is 1. The lowest BCUT2D eigenvalue weighted by atomic mass is 9.75. The predicted molar refractivity (Wildman–Crippen MR) is 68.8 cm³/mol. The molecule has 0 aromatic heterocycles. The number of rotatable bonds is 4. The number of methoxy groups -OCH3 is 1. The summed E-state index contributed by atoms with van der Waals surface area (Å²) in [5.41, 5.74) is -0.270. The smallest absolute Gasteiger partial charge is 0.311 e. The normalized spacial score (nSPS) is 23.1. The Hall–Kier alpha value is -1.62. The van der Waals surface area contributed by atoms with Gasteiger partial charge >= 0.3 is 5.97 Å². The van der Waals surface area contributed by atoms with E-state index in [-0.39, 0.29) is 12.2 Å². The molecule has 1 atom stereocenters. The van der Waals surface area contributed by atoms with E-state index >= 15 is 0 Å². The molecule has 0 amide bonds. The summed E-state index contributed by atoms with van der Waals surface area (Å²) in [7, 11) is 1.50. The average molecular weight is 267 g/mol. The van der Waals surface area contributed by atoms with Crippen molar-refractivity contribution in [2.45, 2.75) is 19.3 Å². The molecule has 1 aromatic rings. The van der Waals surface area contributed by atoms with Crippen LogP contribution in [0.2, 0.25) is 0 Å². The molecule has 0 radical (unpaired) electrons. The first-order chi connectivity index (χ1) is 9.07. The minimum Gasteiger partial charge on any atom is -0.496 e. The van der Waals surface area contributed by atoms with E-state index in [0.717, 1.165) is 13.0 Å². The number of halogens is 1. The molecule has 4 nitrogen and oxygen atoms in total. The molecule has 1 heterocycles. The third kappa shape index (κ3) is 2.87. The maximum Gasteiger partial charge on any atom is 0.311 e. The largest absolute Gasteiger partial charge is 0.496 e. The van der Waals surface area contributed by atoms with Gasteiger partial charge in [-0.2, -0.15) is 0 Å². The van der Waals surface area contributed by atoms with Gasteiger partial charge in [0, 0.05) is 6.54 Å². The topological polar surface area (TPSA) is 58.6 Å². The van der Waals surface area contributed by atoms with Crippen LogP contribution in [0.1, 0.15) is 18.4 Å². The Balaban J connectivity index is 2.31. The van der Waals surface area contributed by atoms with E-state index in [4.69, 9.17) is 4.74 Å². The highest BCUT2D eigenvalue weighted by atomic mass is 19.1. The van der Waals surface area contributed by atoms with Gasteiger partial charge in [0.1, 0.15) is 11.6 Å². The summed E-state index contributed by atoms with van der Waals surface area (Å²) in [5.74, 6) is -0.682. The van der Waals surface area contributed by atoms with Crippen molar-refractivity contribution in [2.75, 3.05) is 20.2 Å². The second-order valence-corrected chi connectivity index (χ2v) is 5.00. The molecule has 104 valence electrons. The number of ether oxygens (including phenoxy) is 1. The van der Waals surface area contributed by atoms with E-state index in [1.165, 1.54) is 25.3 Å². The molecule has 1 aromatic carbocycles. The first-order valence-corrected chi connectivity index (χ1v) is 6.34. The molecule has 1 aliphatic heterocycles. The van der Waals surface area contributed by atoms with Crippen LogP contribution < -0.4 is 10.1 Å². The van der Waals surface area contributed by atoms with E-state index in [0.29, 0.717) is 24.3 Å². The zero-order chi connectivity index (χ0) is 13.9. The highest BCUT2D eigenvalue weighted by Gasteiger charge is 2.40. The quantitative estimate of drug-likeness (QED) is 0.874. The molecule has 1 fully saturated rings. The Bertz CT molecular complexity index is 470.